The number of nitrogens with one attached hydrogen (secondary N) is 2. The van der Waals surface area contributed by atoms with E-state index in [9.17, 15) is 8.42 Å². The Hall–Kier alpha value is -3.75. The van der Waals surface area contributed by atoms with E-state index in [0.29, 0.717) is 30.2 Å². The fourth-order valence-electron chi connectivity index (χ4n) is 3.53. The summed E-state index contributed by atoms with van der Waals surface area (Å²) in [5.74, 6) is 1.24. The Labute approximate surface area is 206 Å². The van der Waals surface area contributed by atoms with Crippen LogP contribution in [0.3, 0.4) is 0 Å². The van der Waals surface area contributed by atoms with Crippen LogP contribution < -0.4 is 14.8 Å². The average molecular weight is 489 g/mol. The number of hydrogen-bond acceptors (Lipinski definition) is 6. The molecule has 4 aromatic rings. The average Bonchev–Trinajstić information content (AvgIpc) is 2.87. The molecule has 0 aliphatic carbocycles. The molecule has 0 bridgehead atoms. The second-order valence-electron chi connectivity index (χ2n) is 8.04. The van der Waals surface area contributed by atoms with Crippen molar-refractivity contribution in [1.82, 2.24) is 14.7 Å². The first kappa shape index (κ1) is 24.4. The standard InChI is InChI=1S/C27H28N4O3S/c1-2-15-30-35(32,33)19-22-11-8-12-23(16-22)31-27-17-25(28-20-29-27)24-13-6-7-14-26(24)34-18-21-9-4-3-5-10-21/h3-14,16-17,20,30H,2,15,18-19H2,1H3,(H,28,29,31). The first-order valence-electron chi connectivity index (χ1n) is 11.4. The van der Waals surface area contributed by atoms with E-state index in [1.54, 1.807) is 6.07 Å². The Kier molecular flexibility index (Phi) is 8.07. The van der Waals surface area contributed by atoms with Crippen LogP contribution in [-0.4, -0.2) is 24.9 Å². The highest BCUT2D eigenvalue weighted by molar-refractivity contribution is 7.88. The van der Waals surface area contributed by atoms with Gasteiger partial charge >= 0.3 is 0 Å². The number of ether oxygens (including phenoxy) is 1. The van der Waals surface area contributed by atoms with E-state index in [1.165, 1.54) is 6.33 Å². The molecule has 0 fully saturated rings. The van der Waals surface area contributed by atoms with Crippen LogP contribution >= 0.6 is 0 Å². The van der Waals surface area contributed by atoms with Crippen molar-refractivity contribution in [2.75, 3.05) is 11.9 Å². The molecular formula is C27H28N4O3S. The van der Waals surface area contributed by atoms with Gasteiger partial charge in [-0.3, -0.25) is 0 Å². The summed E-state index contributed by atoms with van der Waals surface area (Å²) >= 11 is 0. The topological polar surface area (TPSA) is 93.2 Å². The molecule has 35 heavy (non-hydrogen) atoms. The first-order valence-corrected chi connectivity index (χ1v) is 13.1. The maximum atomic E-state index is 12.2. The van der Waals surface area contributed by atoms with Gasteiger partial charge < -0.3 is 10.1 Å². The van der Waals surface area contributed by atoms with E-state index in [0.717, 1.165) is 29.0 Å². The zero-order valence-corrected chi connectivity index (χ0v) is 20.3. The Balaban J connectivity index is 1.50. The maximum Gasteiger partial charge on any atom is 0.215 e. The summed E-state index contributed by atoms with van der Waals surface area (Å²) in [5.41, 5.74) is 4.09. The third-order valence-electron chi connectivity index (χ3n) is 5.20. The van der Waals surface area contributed by atoms with Crippen molar-refractivity contribution < 1.29 is 13.2 Å². The van der Waals surface area contributed by atoms with Crippen LogP contribution in [-0.2, 0) is 22.4 Å². The van der Waals surface area contributed by atoms with Gasteiger partial charge in [0.2, 0.25) is 10.0 Å². The molecule has 2 N–H and O–H groups in total. The Morgan fingerprint density at radius 2 is 1.63 bits per heavy atom. The SMILES string of the molecule is CCCNS(=O)(=O)Cc1cccc(Nc2cc(-c3ccccc3OCc3ccccc3)ncn2)c1. The highest BCUT2D eigenvalue weighted by Crippen LogP contribution is 2.30. The lowest BCUT2D eigenvalue weighted by molar-refractivity contribution is 0.307. The third kappa shape index (κ3) is 7.11. The van der Waals surface area contributed by atoms with Crippen LogP contribution in [0.4, 0.5) is 11.5 Å². The molecule has 0 atom stereocenters. The van der Waals surface area contributed by atoms with Crippen molar-refractivity contribution in [3.8, 4) is 17.0 Å². The molecule has 0 radical (unpaired) electrons. The molecule has 0 aliphatic heterocycles. The summed E-state index contributed by atoms with van der Waals surface area (Å²) in [7, 11) is -3.38. The minimum absolute atomic E-state index is 0.0797. The second kappa shape index (κ2) is 11.6. The zero-order valence-electron chi connectivity index (χ0n) is 19.5. The highest BCUT2D eigenvalue weighted by Gasteiger charge is 2.12. The molecule has 1 heterocycles. The summed E-state index contributed by atoms with van der Waals surface area (Å²) in [5, 5.41) is 3.25. The van der Waals surface area contributed by atoms with Gasteiger partial charge in [0.05, 0.1) is 11.4 Å². The van der Waals surface area contributed by atoms with E-state index < -0.39 is 10.0 Å². The minimum atomic E-state index is -3.38. The van der Waals surface area contributed by atoms with E-state index >= 15 is 0 Å². The quantitative estimate of drug-likeness (QED) is 0.298. The molecule has 180 valence electrons. The molecular weight excluding hydrogens is 460 g/mol. The van der Waals surface area contributed by atoms with Crippen molar-refractivity contribution in [3.05, 3.63) is 102 Å². The lowest BCUT2D eigenvalue weighted by atomic mass is 10.1. The van der Waals surface area contributed by atoms with Gasteiger partial charge in [-0.15, -0.1) is 0 Å². The van der Waals surface area contributed by atoms with Crippen molar-refractivity contribution in [3.63, 3.8) is 0 Å². The fourth-order valence-corrected chi connectivity index (χ4v) is 4.76. The van der Waals surface area contributed by atoms with Crippen LogP contribution in [0.15, 0.2) is 91.3 Å². The van der Waals surface area contributed by atoms with Crippen LogP contribution in [0.5, 0.6) is 5.75 Å². The van der Waals surface area contributed by atoms with E-state index in [-0.39, 0.29) is 5.75 Å². The van der Waals surface area contributed by atoms with Crippen molar-refractivity contribution in [2.45, 2.75) is 25.7 Å². The molecule has 0 spiro atoms. The Morgan fingerprint density at radius 3 is 2.46 bits per heavy atom. The number of rotatable bonds is 11. The normalized spacial score (nSPS) is 11.2. The molecule has 0 saturated carbocycles. The summed E-state index contributed by atoms with van der Waals surface area (Å²) in [4.78, 5) is 8.78. The minimum Gasteiger partial charge on any atom is -0.488 e. The van der Waals surface area contributed by atoms with Crippen molar-refractivity contribution >= 4 is 21.5 Å². The fraction of sp³-hybridized carbons (Fsp3) is 0.185. The maximum absolute atomic E-state index is 12.2. The van der Waals surface area contributed by atoms with Gasteiger partial charge in [0.25, 0.3) is 0 Å². The van der Waals surface area contributed by atoms with E-state index in [2.05, 4.69) is 20.0 Å². The Morgan fingerprint density at radius 1 is 0.857 bits per heavy atom. The van der Waals surface area contributed by atoms with E-state index in [1.807, 2.05) is 85.8 Å². The van der Waals surface area contributed by atoms with Gasteiger partial charge in [-0.2, -0.15) is 0 Å². The monoisotopic (exact) mass is 488 g/mol. The lowest BCUT2D eigenvalue weighted by Gasteiger charge is -2.13. The van der Waals surface area contributed by atoms with Crippen LogP contribution in [0.1, 0.15) is 24.5 Å². The molecule has 8 heteroatoms. The summed E-state index contributed by atoms with van der Waals surface area (Å²) in [6.07, 6.45) is 2.24. The zero-order chi connectivity index (χ0) is 24.5. The number of sulfonamides is 1. The number of para-hydroxylation sites is 1. The summed E-state index contributed by atoms with van der Waals surface area (Å²) in [6, 6.07) is 26.9. The lowest BCUT2D eigenvalue weighted by Crippen LogP contribution is -2.25. The number of anilines is 2. The van der Waals surface area contributed by atoms with Gasteiger partial charge in [0.1, 0.15) is 24.5 Å². The molecule has 0 aliphatic rings. The molecule has 0 unspecified atom stereocenters. The van der Waals surface area contributed by atoms with Gasteiger partial charge in [0, 0.05) is 23.9 Å². The van der Waals surface area contributed by atoms with Crippen molar-refractivity contribution in [1.29, 1.82) is 0 Å². The Bertz CT molecular complexity index is 1360. The number of nitrogens with zero attached hydrogens (tertiary/aromatic N) is 2. The predicted octanol–water partition coefficient (Wildman–Crippen LogP) is 5.30. The molecule has 0 saturated heterocycles. The second-order valence-corrected chi connectivity index (χ2v) is 9.84. The largest absolute Gasteiger partial charge is 0.488 e. The van der Waals surface area contributed by atoms with Gasteiger partial charge in [0.15, 0.2) is 0 Å². The van der Waals surface area contributed by atoms with Gasteiger partial charge in [-0.05, 0) is 41.8 Å². The van der Waals surface area contributed by atoms with Crippen molar-refractivity contribution in [2.24, 2.45) is 0 Å². The number of benzene rings is 3. The van der Waals surface area contributed by atoms with Crippen LogP contribution in [0.25, 0.3) is 11.3 Å². The van der Waals surface area contributed by atoms with Crippen LogP contribution in [0.2, 0.25) is 0 Å². The number of aromatic nitrogens is 2. The predicted molar refractivity (Wildman–Crippen MR) is 139 cm³/mol. The molecule has 3 aromatic carbocycles. The summed E-state index contributed by atoms with van der Waals surface area (Å²) < 4.78 is 33.2. The highest BCUT2D eigenvalue weighted by atomic mass is 32.2. The van der Waals surface area contributed by atoms with Crippen LogP contribution in [0, 0.1) is 0 Å². The van der Waals surface area contributed by atoms with Gasteiger partial charge in [-0.1, -0.05) is 61.5 Å². The molecule has 7 nitrogen and oxygen atoms in total. The molecule has 1 aromatic heterocycles. The summed E-state index contributed by atoms with van der Waals surface area (Å²) in [6.45, 7) is 2.81. The third-order valence-corrected chi connectivity index (χ3v) is 6.55. The first-order chi connectivity index (χ1) is 17.0. The number of hydrogen-bond donors (Lipinski definition) is 2. The molecule has 4 rings (SSSR count). The smallest absolute Gasteiger partial charge is 0.215 e. The molecule has 0 amide bonds. The van der Waals surface area contributed by atoms with Gasteiger partial charge in [-0.25, -0.2) is 23.1 Å². The van der Waals surface area contributed by atoms with E-state index in [4.69, 9.17) is 4.74 Å².